The molecule has 150 valence electrons. The van der Waals surface area contributed by atoms with Crippen LogP contribution in [0.3, 0.4) is 0 Å². The zero-order chi connectivity index (χ0) is 20.8. The van der Waals surface area contributed by atoms with E-state index in [1.807, 2.05) is 51.1 Å². The highest BCUT2D eigenvalue weighted by Gasteiger charge is 2.38. The fourth-order valence-electron chi connectivity index (χ4n) is 3.85. The molecule has 0 fully saturated rings. The van der Waals surface area contributed by atoms with E-state index in [0.29, 0.717) is 23.3 Å². The van der Waals surface area contributed by atoms with E-state index in [0.717, 1.165) is 28.1 Å². The second-order valence-corrected chi connectivity index (χ2v) is 7.96. The number of aromatic amines is 1. The lowest BCUT2D eigenvalue weighted by Crippen LogP contribution is -2.25. The third-order valence-electron chi connectivity index (χ3n) is 5.40. The van der Waals surface area contributed by atoms with E-state index in [-0.39, 0.29) is 17.2 Å². The van der Waals surface area contributed by atoms with Gasteiger partial charge in [0, 0.05) is 29.3 Å². The van der Waals surface area contributed by atoms with Crippen molar-refractivity contribution < 1.29 is 14.4 Å². The number of hydrogen-bond donors (Lipinski definition) is 1. The number of nitro groups is 1. The summed E-state index contributed by atoms with van der Waals surface area (Å²) in [4.78, 5) is 11.5. The third kappa shape index (κ3) is 3.44. The molecule has 3 aromatic rings. The van der Waals surface area contributed by atoms with Gasteiger partial charge in [-0.05, 0) is 63.6 Å². The smallest absolute Gasteiger partial charge is 0.279 e. The van der Waals surface area contributed by atoms with Gasteiger partial charge < -0.3 is 9.47 Å². The number of nitrogens with zero attached hydrogens (tertiary/aromatic N) is 2. The van der Waals surface area contributed by atoms with Gasteiger partial charge in [0.15, 0.2) is 0 Å². The number of fused-ring (bicyclic) bond motifs is 1. The first-order valence-electron chi connectivity index (χ1n) is 9.48. The average Bonchev–Trinajstić information content (AvgIpc) is 3.31. The lowest BCUT2D eigenvalue weighted by molar-refractivity contribution is -0.386. The van der Waals surface area contributed by atoms with Crippen LogP contribution in [-0.4, -0.2) is 20.7 Å². The van der Waals surface area contributed by atoms with Crippen molar-refractivity contribution in [2.75, 3.05) is 0 Å². The maximum atomic E-state index is 11.8. The molecule has 2 aromatic carbocycles. The summed E-state index contributed by atoms with van der Waals surface area (Å²) < 4.78 is 12.1. The number of H-pyrrole nitrogens is 1. The van der Waals surface area contributed by atoms with Gasteiger partial charge in [-0.1, -0.05) is 0 Å². The topological polar surface area (TPSA) is 90.3 Å². The van der Waals surface area contributed by atoms with Crippen LogP contribution in [0.5, 0.6) is 11.5 Å². The zero-order valence-electron chi connectivity index (χ0n) is 16.9. The van der Waals surface area contributed by atoms with Gasteiger partial charge in [0.2, 0.25) is 0 Å². The third-order valence-corrected chi connectivity index (χ3v) is 5.40. The minimum Gasteiger partial charge on any atom is -0.489 e. The van der Waals surface area contributed by atoms with E-state index >= 15 is 0 Å². The fourth-order valence-corrected chi connectivity index (χ4v) is 3.85. The van der Waals surface area contributed by atoms with Crippen molar-refractivity contribution >= 4 is 5.69 Å². The monoisotopic (exact) mass is 393 g/mol. The normalized spacial score (nSPS) is 14.3. The van der Waals surface area contributed by atoms with Gasteiger partial charge in [0.25, 0.3) is 5.69 Å². The number of ether oxygens (including phenoxy) is 2. The van der Waals surface area contributed by atoms with Gasteiger partial charge >= 0.3 is 0 Å². The fraction of sp³-hybridized carbons (Fsp3) is 0.318. The van der Waals surface area contributed by atoms with Crippen LogP contribution in [0, 0.1) is 24.0 Å². The van der Waals surface area contributed by atoms with E-state index in [1.54, 1.807) is 13.1 Å². The van der Waals surface area contributed by atoms with E-state index < -0.39 is 5.60 Å². The van der Waals surface area contributed by atoms with Crippen LogP contribution < -0.4 is 9.47 Å². The minimum absolute atomic E-state index is 0.114. The zero-order valence-corrected chi connectivity index (χ0v) is 16.9. The summed E-state index contributed by atoms with van der Waals surface area (Å²) in [6.07, 6.45) is 2.31. The maximum absolute atomic E-state index is 11.8. The second-order valence-electron chi connectivity index (χ2n) is 7.96. The van der Waals surface area contributed by atoms with Gasteiger partial charge in [0.1, 0.15) is 23.7 Å². The first-order chi connectivity index (χ1) is 13.8. The van der Waals surface area contributed by atoms with Crippen molar-refractivity contribution in [2.45, 2.75) is 46.3 Å². The van der Waals surface area contributed by atoms with Gasteiger partial charge in [-0.2, -0.15) is 5.10 Å². The van der Waals surface area contributed by atoms with Gasteiger partial charge in [-0.15, -0.1) is 0 Å². The molecule has 0 unspecified atom stereocenters. The van der Waals surface area contributed by atoms with Gasteiger partial charge in [-0.25, -0.2) is 0 Å². The first-order valence-corrected chi connectivity index (χ1v) is 9.48. The summed E-state index contributed by atoms with van der Waals surface area (Å²) in [5, 5.41) is 18.7. The van der Waals surface area contributed by atoms with Crippen molar-refractivity contribution in [3.8, 4) is 22.8 Å². The summed E-state index contributed by atoms with van der Waals surface area (Å²) in [6, 6.07) is 9.44. The number of hydrogen-bond acceptors (Lipinski definition) is 5. The summed E-state index contributed by atoms with van der Waals surface area (Å²) >= 11 is 0. The number of nitro benzene ring substituents is 1. The van der Waals surface area contributed by atoms with E-state index in [1.165, 1.54) is 0 Å². The Kier molecular flexibility index (Phi) is 4.53. The summed E-state index contributed by atoms with van der Waals surface area (Å²) in [7, 11) is 0. The molecular weight excluding hydrogens is 370 g/mol. The SMILES string of the molecule is Cc1c(C)c([N+](=O)[O-])c(COc2ccc(-c3ccn[nH]3)cc2)c2c1OC(C)(C)C2. The Morgan fingerprint density at radius 2 is 1.93 bits per heavy atom. The van der Waals surface area contributed by atoms with Crippen LogP contribution in [0.4, 0.5) is 5.69 Å². The highest BCUT2D eigenvalue weighted by atomic mass is 16.6. The molecule has 0 atom stereocenters. The largest absolute Gasteiger partial charge is 0.489 e. The Balaban J connectivity index is 1.66. The molecule has 0 aliphatic carbocycles. The molecule has 29 heavy (non-hydrogen) atoms. The number of rotatable bonds is 5. The van der Waals surface area contributed by atoms with Crippen molar-refractivity contribution in [2.24, 2.45) is 0 Å². The molecule has 0 amide bonds. The van der Waals surface area contributed by atoms with E-state index in [2.05, 4.69) is 10.2 Å². The molecule has 1 N–H and O–H groups in total. The molecule has 0 saturated heterocycles. The Labute approximate surface area is 168 Å². The minimum atomic E-state index is -0.394. The van der Waals surface area contributed by atoms with Crippen LogP contribution in [0.15, 0.2) is 36.5 Å². The maximum Gasteiger partial charge on any atom is 0.279 e. The highest BCUT2D eigenvalue weighted by molar-refractivity contribution is 5.64. The standard InChI is InChI=1S/C22H23N3O4/c1-13-14(2)21-17(11-22(3,4)29-21)18(20(13)25(26)27)12-28-16-7-5-15(6-8-16)19-9-10-23-24-19/h5-10H,11-12H2,1-4H3,(H,23,24). The summed E-state index contributed by atoms with van der Waals surface area (Å²) in [6.45, 7) is 7.74. The van der Waals surface area contributed by atoms with Crippen LogP contribution >= 0.6 is 0 Å². The quantitative estimate of drug-likeness (QED) is 0.492. The Morgan fingerprint density at radius 3 is 2.55 bits per heavy atom. The van der Waals surface area contributed by atoms with Crippen LogP contribution in [0.2, 0.25) is 0 Å². The van der Waals surface area contributed by atoms with Crippen LogP contribution in [-0.2, 0) is 13.0 Å². The predicted molar refractivity (Wildman–Crippen MR) is 109 cm³/mol. The van der Waals surface area contributed by atoms with Crippen molar-refractivity contribution in [3.05, 3.63) is 68.9 Å². The second kappa shape index (κ2) is 6.92. The number of nitrogens with one attached hydrogen (secondary N) is 1. The molecule has 7 heteroatoms. The molecule has 0 saturated carbocycles. The number of aromatic nitrogens is 2. The van der Waals surface area contributed by atoms with Crippen molar-refractivity contribution in [1.29, 1.82) is 0 Å². The Hall–Kier alpha value is -3.35. The van der Waals surface area contributed by atoms with Crippen molar-refractivity contribution in [3.63, 3.8) is 0 Å². The Bertz CT molecular complexity index is 1070. The molecule has 0 spiro atoms. The molecule has 1 aromatic heterocycles. The number of benzene rings is 2. The molecule has 7 nitrogen and oxygen atoms in total. The highest BCUT2D eigenvalue weighted by Crippen LogP contribution is 2.45. The molecule has 1 aliphatic heterocycles. The summed E-state index contributed by atoms with van der Waals surface area (Å²) in [5.41, 5.74) is 4.55. The molecule has 0 radical (unpaired) electrons. The van der Waals surface area contributed by atoms with Crippen LogP contribution in [0.1, 0.15) is 36.1 Å². The van der Waals surface area contributed by atoms with Gasteiger partial charge in [0.05, 0.1) is 16.2 Å². The van der Waals surface area contributed by atoms with E-state index in [9.17, 15) is 10.1 Å². The molecule has 0 bridgehead atoms. The lowest BCUT2D eigenvalue weighted by atomic mass is 9.92. The molecule has 2 heterocycles. The molecule has 1 aliphatic rings. The average molecular weight is 393 g/mol. The van der Waals surface area contributed by atoms with Crippen molar-refractivity contribution in [1.82, 2.24) is 10.2 Å². The van der Waals surface area contributed by atoms with E-state index in [4.69, 9.17) is 9.47 Å². The first kappa shape index (κ1) is 19.0. The predicted octanol–water partition coefficient (Wildman–Crippen LogP) is 4.89. The van der Waals surface area contributed by atoms with Gasteiger partial charge in [-0.3, -0.25) is 15.2 Å². The Morgan fingerprint density at radius 1 is 1.21 bits per heavy atom. The molecule has 4 rings (SSSR count). The lowest BCUT2D eigenvalue weighted by Gasteiger charge is -2.18. The molecular formula is C22H23N3O4. The van der Waals surface area contributed by atoms with Crippen LogP contribution in [0.25, 0.3) is 11.3 Å². The summed E-state index contributed by atoms with van der Waals surface area (Å²) in [5.74, 6) is 1.40.